The van der Waals surface area contributed by atoms with E-state index in [4.69, 9.17) is 17.3 Å². The van der Waals surface area contributed by atoms with Gasteiger partial charge in [-0.15, -0.1) is 11.3 Å². The summed E-state index contributed by atoms with van der Waals surface area (Å²) in [5.41, 5.74) is 5.63. The topological polar surface area (TPSA) is 26.0 Å². The molecule has 10 heavy (non-hydrogen) atoms. The van der Waals surface area contributed by atoms with Gasteiger partial charge in [0.1, 0.15) is 4.34 Å². The number of nitrogens with two attached hydrogens (primary N) is 1. The molecule has 56 valence electrons. The van der Waals surface area contributed by atoms with Crippen molar-refractivity contribution in [3.05, 3.63) is 19.8 Å². The van der Waals surface area contributed by atoms with Gasteiger partial charge in [0.2, 0.25) is 0 Å². The van der Waals surface area contributed by atoms with Gasteiger partial charge in [-0.1, -0.05) is 11.6 Å². The van der Waals surface area contributed by atoms with Crippen LogP contribution in [0.2, 0.25) is 4.34 Å². The summed E-state index contributed by atoms with van der Waals surface area (Å²) >= 11 is 10.6. The molecule has 0 radical (unpaired) electrons. The maximum absolute atomic E-state index is 5.79. The van der Waals surface area contributed by atoms with Gasteiger partial charge in [0.25, 0.3) is 0 Å². The van der Waals surface area contributed by atoms with E-state index in [-0.39, 0.29) is 6.04 Å². The number of halogens is 2. The predicted octanol–water partition coefficient (Wildman–Crippen LogP) is 3.18. The summed E-state index contributed by atoms with van der Waals surface area (Å²) in [4.78, 5) is 1.11. The van der Waals surface area contributed by atoms with Gasteiger partial charge in [-0.2, -0.15) is 0 Å². The molecule has 0 aromatic carbocycles. The molecule has 1 aromatic heterocycles. The second-order valence-electron chi connectivity index (χ2n) is 2.06. The monoisotopic (exact) mass is 239 g/mol. The second kappa shape index (κ2) is 3.22. The van der Waals surface area contributed by atoms with E-state index in [0.717, 1.165) is 13.7 Å². The molecule has 0 unspecified atom stereocenters. The Labute approximate surface area is 77.3 Å². The molecular weight excluding hydrogens is 233 g/mol. The first-order chi connectivity index (χ1) is 4.61. The molecule has 1 heterocycles. The van der Waals surface area contributed by atoms with Crippen LogP contribution in [0, 0.1) is 0 Å². The van der Waals surface area contributed by atoms with E-state index >= 15 is 0 Å². The molecule has 1 atom stereocenters. The number of hydrogen-bond acceptors (Lipinski definition) is 2. The molecule has 1 rings (SSSR count). The number of hydrogen-bond donors (Lipinski definition) is 1. The third kappa shape index (κ3) is 1.72. The minimum absolute atomic E-state index is 0.0776. The van der Waals surface area contributed by atoms with Crippen molar-refractivity contribution in [1.29, 1.82) is 0 Å². The highest BCUT2D eigenvalue weighted by Crippen LogP contribution is 2.34. The van der Waals surface area contributed by atoms with Gasteiger partial charge in [0, 0.05) is 15.4 Å². The zero-order chi connectivity index (χ0) is 7.72. The Hall–Kier alpha value is 0.430. The smallest absolute Gasteiger partial charge is 0.107 e. The lowest BCUT2D eigenvalue weighted by atomic mass is 10.3. The van der Waals surface area contributed by atoms with Crippen molar-refractivity contribution in [3.8, 4) is 0 Å². The maximum atomic E-state index is 5.79. The Morgan fingerprint density at radius 1 is 1.80 bits per heavy atom. The first-order valence-electron chi connectivity index (χ1n) is 2.81. The molecule has 0 aliphatic carbocycles. The largest absolute Gasteiger partial charge is 0.324 e. The molecule has 0 saturated heterocycles. The van der Waals surface area contributed by atoms with Gasteiger partial charge >= 0.3 is 0 Å². The van der Waals surface area contributed by atoms with Crippen molar-refractivity contribution in [2.45, 2.75) is 13.0 Å². The summed E-state index contributed by atoms with van der Waals surface area (Å²) in [7, 11) is 0. The summed E-state index contributed by atoms with van der Waals surface area (Å²) in [6.45, 7) is 1.94. The first-order valence-corrected chi connectivity index (χ1v) is 4.80. The van der Waals surface area contributed by atoms with Crippen molar-refractivity contribution in [2.24, 2.45) is 5.73 Å². The zero-order valence-corrected chi connectivity index (χ0v) is 8.55. The van der Waals surface area contributed by atoms with Gasteiger partial charge in [0.15, 0.2) is 0 Å². The fourth-order valence-electron chi connectivity index (χ4n) is 0.588. The average Bonchev–Trinajstić information content (AvgIpc) is 2.13. The molecule has 0 spiro atoms. The predicted molar refractivity (Wildman–Crippen MR) is 49.6 cm³/mol. The molecule has 0 bridgehead atoms. The van der Waals surface area contributed by atoms with Gasteiger partial charge in [-0.25, -0.2) is 0 Å². The van der Waals surface area contributed by atoms with Crippen molar-refractivity contribution in [3.63, 3.8) is 0 Å². The highest BCUT2D eigenvalue weighted by molar-refractivity contribution is 9.10. The Bertz CT molecular complexity index is 214. The molecule has 2 N–H and O–H groups in total. The standard InChI is InChI=1S/C6H7BrClNS/c1-3(9)5-2-4(7)6(8)10-5/h2-3H,9H2,1H3/t3-/m0/s1. The Morgan fingerprint density at radius 2 is 2.40 bits per heavy atom. The normalized spacial score (nSPS) is 13.6. The minimum atomic E-state index is 0.0776. The highest BCUT2D eigenvalue weighted by Gasteiger charge is 2.06. The van der Waals surface area contributed by atoms with E-state index in [9.17, 15) is 0 Å². The molecule has 0 aliphatic heterocycles. The van der Waals surface area contributed by atoms with Crippen LogP contribution in [0.3, 0.4) is 0 Å². The summed E-state index contributed by atoms with van der Waals surface area (Å²) in [6.07, 6.45) is 0. The van der Waals surface area contributed by atoms with Crippen LogP contribution in [0.1, 0.15) is 17.8 Å². The summed E-state index contributed by atoms with van der Waals surface area (Å²) in [6, 6.07) is 2.03. The van der Waals surface area contributed by atoms with Gasteiger partial charge in [0.05, 0.1) is 0 Å². The maximum Gasteiger partial charge on any atom is 0.107 e. The molecule has 1 nitrogen and oxygen atoms in total. The van der Waals surface area contributed by atoms with Crippen molar-refractivity contribution in [1.82, 2.24) is 0 Å². The Morgan fingerprint density at radius 3 is 2.60 bits per heavy atom. The van der Waals surface area contributed by atoms with Crippen LogP contribution < -0.4 is 5.73 Å². The molecule has 0 fully saturated rings. The Balaban J connectivity index is 2.98. The molecular formula is C6H7BrClNS. The van der Waals surface area contributed by atoms with Gasteiger partial charge < -0.3 is 5.73 Å². The molecule has 4 heteroatoms. The summed E-state index contributed by atoms with van der Waals surface area (Å²) in [5.74, 6) is 0. The number of thiophene rings is 1. The molecule has 0 aliphatic rings. The van der Waals surface area contributed by atoms with Crippen LogP contribution in [-0.4, -0.2) is 0 Å². The lowest BCUT2D eigenvalue weighted by molar-refractivity contribution is 0.838. The van der Waals surface area contributed by atoms with Crippen molar-refractivity contribution >= 4 is 38.9 Å². The van der Waals surface area contributed by atoms with E-state index in [1.807, 2.05) is 13.0 Å². The Kier molecular flexibility index (Phi) is 2.74. The second-order valence-corrected chi connectivity index (χ2v) is 4.60. The average molecular weight is 241 g/mol. The molecule has 0 amide bonds. The molecule has 0 saturated carbocycles. The van der Waals surface area contributed by atoms with Crippen LogP contribution in [0.15, 0.2) is 10.5 Å². The fraction of sp³-hybridized carbons (Fsp3) is 0.333. The first kappa shape index (κ1) is 8.53. The van der Waals surface area contributed by atoms with Crippen LogP contribution in [0.5, 0.6) is 0 Å². The summed E-state index contributed by atoms with van der Waals surface area (Å²) < 4.78 is 1.71. The summed E-state index contributed by atoms with van der Waals surface area (Å²) in [5, 5.41) is 0. The minimum Gasteiger partial charge on any atom is -0.324 e. The third-order valence-corrected chi connectivity index (χ3v) is 3.79. The fourth-order valence-corrected chi connectivity index (χ4v) is 2.28. The van der Waals surface area contributed by atoms with E-state index in [0.29, 0.717) is 0 Å². The van der Waals surface area contributed by atoms with Crippen LogP contribution in [0.25, 0.3) is 0 Å². The van der Waals surface area contributed by atoms with Crippen LogP contribution in [-0.2, 0) is 0 Å². The lowest BCUT2D eigenvalue weighted by Crippen LogP contribution is -2.01. The van der Waals surface area contributed by atoms with Crippen molar-refractivity contribution in [2.75, 3.05) is 0 Å². The lowest BCUT2D eigenvalue weighted by Gasteiger charge is -1.96. The number of rotatable bonds is 1. The highest BCUT2D eigenvalue weighted by atomic mass is 79.9. The van der Waals surface area contributed by atoms with Crippen molar-refractivity contribution < 1.29 is 0 Å². The quantitative estimate of drug-likeness (QED) is 0.802. The van der Waals surface area contributed by atoms with E-state index in [1.54, 1.807) is 0 Å². The van der Waals surface area contributed by atoms with Gasteiger partial charge in [-0.05, 0) is 28.9 Å². The van der Waals surface area contributed by atoms with Crippen LogP contribution in [0.4, 0.5) is 0 Å². The van der Waals surface area contributed by atoms with E-state index in [2.05, 4.69) is 15.9 Å². The zero-order valence-electron chi connectivity index (χ0n) is 5.40. The molecule has 1 aromatic rings. The van der Waals surface area contributed by atoms with E-state index < -0.39 is 0 Å². The van der Waals surface area contributed by atoms with Crippen LogP contribution >= 0.6 is 38.9 Å². The van der Waals surface area contributed by atoms with E-state index in [1.165, 1.54) is 11.3 Å². The van der Waals surface area contributed by atoms with Gasteiger partial charge in [-0.3, -0.25) is 0 Å². The third-order valence-electron chi connectivity index (χ3n) is 1.11. The SMILES string of the molecule is C[C@H](N)c1cc(Br)c(Cl)s1.